The number of benzene rings is 1. The number of anilines is 1. The number of amides is 2. The van der Waals surface area contributed by atoms with E-state index in [1.165, 1.54) is 11.3 Å². The fourth-order valence-corrected chi connectivity index (χ4v) is 7.70. The normalized spacial score (nSPS) is 28.8. The molecule has 2 aliphatic rings. The SMILES string of the molecule is CN(Cc1ccccc1)C(=O)C[C@@H]1c2nc(NC(=O)CC(C)(C)C)sc2C[C@@H]2[C@](C)(CO)[C@H](O)CC[C@]21C. The second kappa shape index (κ2) is 10.7. The molecule has 0 unspecified atom stereocenters. The van der Waals surface area contributed by atoms with E-state index in [0.717, 1.165) is 22.6 Å². The minimum absolute atomic E-state index is 0.0212. The van der Waals surface area contributed by atoms with Gasteiger partial charge in [0, 0.05) is 42.6 Å². The quantitative estimate of drug-likeness (QED) is 0.459. The molecule has 8 heteroatoms. The van der Waals surface area contributed by atoms with Gasteiger partial charge < -0.3 is 20.4 Å². The van der Waals surface area contributed by atoms with E-state index in [2.05, 4.69) is 12.2 Å². The van der Waals surface area contributed by atoms with Crippen LogP contribution in [0.4, 0.5) is 5.13 Å². The molecule has 7 nitrogen and oxygen atoms in total. The summed E-state index contributed by atoms with van der Waals surface area (Å²) in [5.74, 6) is -0.232. The molecular formula is C30H43N3O4S. The smallest absolute Gasteiger partial charge is 0.226 e. The Labute approximate surface area is 230 Å². The molecule has 1 saturated carbocycles. The van der Waals surface area contributed by atoms with E-state index in [0.29, 0.717) is 37.4 Å². The van der Waals surface area contributed by atoms with Crippen LogP contribution in [0, 0.1) is 22.2 Å². The maximum atomic E-state index is 13.6. The minimum atomic E-state index is -0.679. The van der Waals surface area contributed by atoms with Crippen LogP contribution in [0.25, 0.3) is 0 Å². The molecule has 5 atom stereocenters. The molecule has 1 aromatic heterocycles. The molecule has 0 bridgehead atoms. The molecule has 0 radical (unpaired) electrons. The van der Waals surface area contributed by atoms with Gasteiger partial charge in [-0.25, -0.2) is 4.98 Å². The standard InChI is InChI=1S/C30H43N3O4S/c1-28(2,3)16-24(36)31-27-32-26-20(14-25(37)33(6)17-19-10-8-7-9-11-19)29(4)13-12-23(35)30(5,18-34)22(29)15-21(26)38-27/h7-11,20,22-23,34-35H,12-18H2,1-6H3,(H,31,32,36)/t20-,22+,23-,29+,30+/m1/s1. The van der Waals surface area contributed by atoms with Crippen molar-refractivity contribution in [1.29, 1.82) is 0 Å². The predicted octanol–water partition coefficient (Wildman–Crippen LogP) is 4.98. The zero-order valence-corrected chi connectivity index (χ0v) is 24.4. The van der Waals surface area contributed by atoms with Gasteiger partial charge in [-0.15, -0.1) is 11.3 Å². The first-order valence-electron chi connectivity index (χ1n) is 13.6. The lowest BCUT2D eigenvalue weighted by atomic mass is 9.47. The topological polar surface area (TPSA) is 103 Å². The van der Waals surface area contributed by atoms with Gasteiger partial charge in [0.15, 0.2) is 5.13 Å². The average molecular weight is 542 g/mol. The van der Waals surface area contributed by atoms with Gasteiger partial charge in [0.05, 0.1) is 18.4 Å². The molecule has 2 aromatic rings. The molecule has 38 heavy (non-hydrogen) atoms. The van der Waals surface area contributed by atoms with Gasteiger partial charge in [-0.1, -0.05) is 65.0 Å². The Hall–Kier alpha value is -2.29. The van der Waals surface area contributed by atoms with Crippen molar-refractivity contribution in [2.24, 2.45) is 22.2 Å². The lowest BCUT2D eigenvalue weighted by molar-refractivity contribution is -0.147. The summed E-state index contributed by atoms with van der Waals surface area (Å²) in [7, 11) is 1.83. The van der Waals surface area contributed by atoms with E-state index < -0.39 is 11.5 Å². The van der Waals surface area contributed by atoms with Crippen molar-refractivity contribution in [3.63, 3.8) is 0 Å². The zero-order chi connectivity index (χ0) is 27.9. The maximum absolute atomic E-state index is 13.6. The largest absolute Gasteiger partial charge is 0.396 e. The van der Waals surface area contributed by atoms with E-state index in [4.69, 9.17) is 4.98 Å². The lowest BCUT2D eigenvalue weighted by Gasteiger charge is -2.58. The summed E-state index contributed by atoms with van der Waals surface area (Å²) in [5.41, 5.74) is 0.816. The van der Waals surface area contributed by atoms with Crippen LogP contribution in [0.1, 0.15) is 82.4 Å². The molecule has 1 aromatic carbocycles. The van der Waals surface area contributed by atoms with Gasteiger partial charge in [0.2, 0.25) is 11.8 Å². The van der Waals surface area contributed by atoms with E-state index in [9.17, 15) is 19.8 Å². The second-order valence-electron chi connectivity index (χ2n) is 13.1. The summed E-state index contributed by atoms with van der Waals surface area (Å²) >= 11 is 1.47. The second-order valence-corrected chi connectivity index (χ2v) is 14.2. The number of aliphatic hydroxyl groups excluding tert-OH is 2. The minimum Gasteiger partial charge on any atom is -0.396 e. The number of fused-ring (bicyclic) bond motifs is 2. The van der Waals surface area contributed by atoms with Gasteiger partial charge in [-0.3, -0.25) is 9.59 Å². The summed E-state index contributed by atoms with van der Waals surface area (Å²) in [6.07, 6.45) is 2.06. The van der Waals surface area contributed by atoms with E-state index in [1.54, 1.807) is 4.90 Å². The monoisotopic (exact) mass is 541 g/mol. The van der Waals surface area contributed by atoms with Crippen molar-refractivity contribution in [1.82, 2.24) is 9.88 Å². The first-order valence-corrected chi connectivity index (χ1v) is 14.4. The molecular weight excluding hydrogens is 498 g/mol. The number of hydrogen-bond acceptors (Lipinski definition) is 6. The van der Waals surface area contributed by atoms with Crippen LogP contribution in [-0.4, -0.2) is 51.7 Å². The third-order valence-corrected chi connectivity index (χ3v) is 9.91. The number of nitrogens with one attached hydrogen (secondary N) is 1. The number of aliphatic hydroxyl groups is 2. The number of carbonyl (C=O) groups is 2. The average Bonchev–Trinajstić information content (AvgIpc) is 3.24. The van der Waals surface area contributed by atoms with Crippen LogP contribution in [-0.2, 0) is 22.6 Å². The van der Waals surface area contributed by atoms with Crippen molar-refractivity contribution in [3.8, 4) is 0 Å². The Morgan fingerprint density at radius 1 is 1.21 bits per heavy atom. The van der Waals surface area contributed by atoms with Crippen molar-refractivity contribution >= 4 is 28.3 Å². The Balaban J connectivity index is 1.67. The fraction of sp³-hybridized carbons (Fsp3) is 0.633. The lowest BCUT2D eigenvalue weighted by Crippen LogP contribution is -2.57. The molecule has 1 fully saturated rings. The first-order chi connectivity index (χ1) is 17.8. The van der Waals surface area contributed by atoms with E-state index in [1.807, 2.05) is 65.1 Å². The zero-order valence-electron chi connectivity index (χ0n) is 23.6. The molecule has 3 N–H and O–H groups in total. The number of carbonyl (C=O) groups excluding carboxylic acids is 2. The number of aromatic nitrogens is 1. The molecule has 1 heterocycles. The van der Waals surface area contributed by atoms with Gasteiger partial charge in [0.25, 0.3) is 0 Å². The van der Waals surface area contributed by atoms with Gasteiger partial charge in [-0.2, -0.15) is 0 Å². The highest BCUT2D eigenvalue weighted by Gasteiger charge is 2.59. The molecule has 208 valence electrons. The number of nitrogens with zero attached hydrogens (tertiary/aromatic N) is 2. The third kappa shape index (κ3) is 5.68. The Bertz CT molecular complexity index is 1160. The van der Waals surface area contributed by atoms with Crippen LogP contribution in [0.2, 0.25) is 0 Å². The van der Waals surface area contributed by atoms with E-state index in [-0.39, 0.29) is 41.1 Å². The Morgan fingerprint density at radius 3 is 2.53 bits per heavy atom. The van der Waals surface area contributed by atoms with Crippen LogP contribution in [0.3, 0.4) is 0 Å². The first kappa shape index (κ1) is 28.7. The summed E-state index contributed by atoms with van der Waals surface area (Å²) in [4.78, 5) is 34.0. The Morgan fingerprint density at radius 2 is 1.89 bits per heavy atom. The van der Waals surface area contributed by atoms with Crippen LogP contribution < -0.4 is 5.32 Å². The van der Waals surface area contributed by atoms with Gasteiger partial charge >= 0.3 is 0 Å². The molecule has 2 amide bonds. The Kier molecular flexibility index (Phi) is 8.09. The molecule has 0 aliphatic heterocycles. The molecule has 0 saturated heterocycles. The molecule has 0 spiro atoms. The number of thiazole rings is 1. The van der Waals surface area contributed by atoms with Gasteiger partial charge in [0.1, 0.15) is 0 Å². The maximum Gasteiger partial charge on any atom is 0.226 e. The van der Waals surface area contributed by atoms with Crippen molar-refractivity contribution in [3.05, 3.63) is 46.5 Å². The third-order valence-electron chi connectivity index (χ3n) is 8.90. The number of hydrogen-bond donors (Lipinski definition) is 3. The van der Waals surface area contributed by atoms with Crippen LogP contribution >= 0.6 is 11.3 Å². The summed E-state index contributed by atoms with van der Waals surface area (Å²) < 4.78 is 0. The molecule has 4 rings (SSSR count). The summed E-state index contributed by atoms with van der Waals surface area (Å²) in [6.45, 7) is 10.7. The van der Waals surface area contributed by atoms with Crippen LogP contribution in [0.15, 0.2) is 30.3 Å². The highest BCUT2D eigenvalue weighted by molar-refractivity contribution is 7.15. The highest BCUT2D eigenvalue weighted by atomic mass is 32.1. The van der Waals surface area contributed by atoms with Crippen LogP contribution in [0.5, 0.6) is 0 Å². The van der Waals surface area contributed by atoms with E-state index >= 15 is 0 Å². The fourth-order valence-electron chi connectivity index (χ4n) is 6.62. The van der Waals surface area contributed by atoms with Crippen molar-refractivity contribution in [2.75, 3.05) is 19.0 Å². The molecule has 2 aliphatic carbocycles. The summed E-state index contributed by atoms with van der Waals surface area (Å²) in [5, 5.41) is 25.0. The van der Waals surface area contributed by atoms with Crippen molar-refractivity contribution in [2.45, 2.75) is 85.3 Å². The highest BCUT2D eigenvalue weighted by Crippen LogP contribution is 2.63. The van der Waals surface area contributed by atoms with Gasteiger partial charge in [-0.05, 0) is 41.6 Å². The number of rotatable bonds is 7. The van der Waals surface area contributed by atoms with Crippen molar-refractivity contribution < 1.29 is 19.8 Å². The summed E-state index contributed by atoms with van der Waals surface area (Å²) in [6, 6.07) is 9.94. The predicted molar refractivity (Wildman–Crippen MR) is 151 cm³/mol.